The maximum Gasteiger partial charge on any atom is 0.178 e. The van der Waals surface area contributed by atoms with Crippen LogP contribution in [0.3, 0.4) is 0 Å². The average molecular weight is 423 g/mol. The van der Waals surface area contributed by atoms with Crippen molar-refractivity contribution in [2.45, 2.75) is 128 Å². The fourth-order valence-corrected chi connectivity index (χ4v) is 5.72. The lowest BCUT2D eigenvalue weighted by molar-refractivity contribution is 0.531. The Labute approximate surface area is 181 Å². The second-order valence-corrected chi connectivity index (χ2v) is 11.0. The molecule has 3 heteroatoms. The van der Waals surface area contributed by atoms with E-state index in [2.05, 4.69) is 6.92 Å². The van der Waals surface area contributed by atoms with Crippen molar-refractivity contribution in [2.75, 3.05) is 5.75 Å². The molecule has 0 N–H and O–H groups in total. The van der Waals surface area contributed by atoms with E-state index >= 15 is 0 Å². The molecule has 0 aliphatic heterocycles. The van der Waals surface area contributed by atoms with Gasteiger partial charge in [0.25, 0.3) is 0 Å². The standard InChI is InChI=1S/C26H46O2S/c1-4-5-6-7-8-9-10-11-12-13-14-15-16-17-18-19-22-29(27,28)26-23-24(2)20-21-25(26)3/h20-21,23H,4-19,22H2,1-3H3. The summed E-state index contributed by atoms with van der Waals surface area (Å²) in [6, 6.07) is 5.70. The molecule has 0 fully saturated rings. The van der Waals surface area contributed by atoms with Crippen molar-refractivity contribution in [3.05, 3.63) is 29.3 Å². The summed E-state index contributed by atoms with van der Waals surface area (Å²) in [5.74, 6) is 0.287. The molecular weight excluding hydrogens is 376 g/mol. The summed E-state index contributed by atoms with van der Waals surface area (Å²) in [6.07, 6.45) is 20.9. The molecule has 1 aromatic carbocycles. The van der Waals surface area contributed by atoms with E-state index < -0.39 is 9.84 Å². The molecular formula is C26H46O2S. The van der Waals surface area contributed by atoms with Crippen LogP contribution in [0.15, 0.2) is 23.1 Å². The molecule has 0 atom stereocenters. The molecule has 0 spiro atoms. The first-order valence-corrected chi connectivity index (χ1v) is 13.9. The van der Waals surface area contributed by atoms with Crippen LogP contribution >= 0.6 is 0 Å². The molecule has 168 valence electrons. The number of hydrogen-bond donors (Lipinski definition) is 0. The SMILES string of the molecule is CCCCCCCCCCCCCCCCCCS(=O)(=O)c1cc(C)ccc1C. The molecule has 0 radical (unpaired) electrons. The number of hydrogen-bond acceptors (Lipinski definition) is 2. The molecule has 0 saturated carbocycles. The maximum atomic E-state index is 12.6. The highest BCUT2D eigenvalue weighted by Crippen LogP contribution is 2.20. The Morgan fingerprint density at radius 3 is 1.48 bits per heavy atom. The maximum absolute atomic E-state index is 12.6. The first-order valence-electron chi connectivity index (χ1n) is 12.3. The van der Waals surface area contributed by atoms with Gasteiger partial charge in [0.05, 0.1) is 10.6 Å². The van der Waals surface area contributed by atoms with Crippen LogP contribution < -0.4 is 0 Å². The highest BCUT2D eigenvalue weighted by Gasteiger charge is 2.16. The number of aryl methyl sites for hydroxylation is 2. The fourth-order valence-electron chi connectivity index (χ4n) is 3.99. The van der Waals surface area contributed by atoms with Crippen molar-refractivity contribution in [1.82, 2.24) is 0 Å². The van der Waals surface area contributed by atoms with Gasteiger partial charge in [0.1, 0.15) is 0 Å². The van der Waals surface area contributed by atoms with Gasteiger partial charge < -0.3 is 0 Å². The van der Waals surface area contributed by atoms with E-state index in [0.717, 1.165) is 24.0 Å². The van der Waals surface area contributed by atoms with Gasteiger partial charge in [0, 0.05) is 0 Å². The number of unbranched alkanes of at least 4 members (excludes halogenated alkanes) is 15. The van der Waals surface area contributed by atoms with Crippen molar-refractivity contribution in [3.8, 4) is 0 Å². The van der Waals surface area contributed by atoms with Gasteiger partial charge in [0.2, 0.25) is 0 Å². The zero-order chi connectivity index (χ0) is 21.4. The van der Waals surface area contributed by atoms with Crippen LogP contribution in [0, 0.1) is 13.8 Å². The Hall–Kier alpha value is -0.830. The van der Waals surface area contributed by atoms with E-state index in [1.807, 2.05) is 32.0 Å². The Kier molecular flexibility index (Phi) is 14.4. The van der Waals surface area contributed by atoms with E-state index in [1.165, 1.54) is 89.9 Å². The lowest BCUT2D eigenvalue weighted by atomic mass is 10.0. The van der Waals surface area contributed by atoms with Crippen LogP contribution in [0.5, 0.6) is 0 Å². The largest absolute Gasteiger partial charge is 0.224 e. The topological polar surface area (TPSA) is 34.1 Å². The Morgan fingerprint density at radius 2 is 1.03 bits per heavy atom. The zero-order valence-corrected chi connectivity index (χ0v) is 20.3. The van der Waals surface area contributed by atoms with Crippen molar-refractivity contribution >= 4 is 9.84 Å². The van der Waals surface area contributed by atoms with Crippen molar-refractivity contribution in [3.63, 3.8) is 0 Å². The quantitative estimate of drug-likeness (QED) is 0.223. The van der Waals surface area contributed by atoms with Gasteiger partial charge in [-0.2, -0.15) is 0 Å². The molecule has 0 aromatic heterocycles. The molecule has 1 rings (SSSR count). The van der Waals surface area contributed by atoms with Crippen LogP contribution in [-0.4, -0.2) is 14.2 Å². The summed E-state index contributed by atoms with van der Waals surface area (Å²) in [4.78, 5) is 0.526. The molecule has 29 heavy (non-hydrogen) atoms. The molecule has 0 aliphatic carbocycles. The first kappa shape index (κ1) is 26.2. The van der Waals surface area contributed by atoms with Crippen molar-refractivity contribution in [1.29, 1.82) is 0 Å². The summed E-state index contributed by atoms with van der Waals surface area (Å²) in [5, 5.41) is 0. The highest BCUT2D eigenvalue weighted by atomic mass is 32.2. The number of benzene rings is 1. The minimum atomic E-state index is -3.13. The van der Waals surface area contributed by atoms with Gasteiger partial charge >= 0.3 is 0 Å². The van der Waals surface area contributed by atoms with Gasteiger partial charge in [-0.15, -0.1) is 0 Å². The Balaban J connectivity index is 1.95. The molecule has 0 aliphatic rings. The predicted molar refractivity (Wildman–Crippen MR) is 128 cm³/mol. The minimum Gasteiger partial charge on any atom is -0.224 e. The predicted octanol–water partition coefficient (Wildman–Crippen LogP) is 8.34. The van der Waals surface area contributed by atoms with Crippen LogP contribution in [0.4, 0.5) is 0 Å². The lowest BCUT2D eigenvalue weighted by Crippen LogP contribution is -2.09. The molecule has 0 bridgehead atoms. The van der Waals surface area contributed by atoms with Crippen molar-refractivity contribution in [2.24, 2.45) is 0 Å². The van der Waals surface area contributed by atoms with Crippen molar-refractivity contribution < 1.29 is 8.42 Å². The first-order chi connectivity index (χ1) is 14.0. The second-order valence-electron chi connectivity index (χ2n) is 8.89. The van der Waals surface area contributed by atoms with Crippen LogP contribution in [-0.2, 0) is 9.84 Å². The fraction of sp³-hybridized carbons (Fsp3) is 0.769. The summed E-state index contributed by atoms with van der Waals surface area (Å²) >= 11 is 0. The molecule has 1 aromatic rings. The minimum absolute atomic E-state index is 0.287. The van der Waals surface area contributed by atoms with Gasteiger partial charge in [-0.3, -0.25) is 0 Å². The van der Waals surface area contributed by atoms with Gasteiger partial charge in [-0.1, -0.05) is 115 Å². The van der Waals surface area contributed by atoms with E-state index in [0.29, 0.717) is 4.90 Å². The summed E-state index contributed by atoms with van der Waals surface area (Å²) < 4.78 is 25.1. The molecule has 0 amide bonds. The normalized spacial score (nSPS) is 11.8. The Bertz CT molecular complexity index is 634. The molecule has 0 unspecified atom stereocenters. The van der Waals surface area contributed by atoms with Crippen LogP contribution in [0.2, 0.25) is 0 Å². The van der Waals surface area contributed by atoms with Crippen LogP contribution in [0.1, 0.15) is 121 Å². The Morgan fingerprint density at radius 1 is 0.621 bits per heavy atom. The zero-order valence-electron chi connectivity index (χ0n) is 19.5. The summed E-state index contributed by atoms with van der Waals surface area (Å²) in [6.45, 7) is 6.12. The van der Waals surface area contributed by atoms with Gasteiger partial charge in [0.15, 0.2) is 9.84 Å². The average Bonchev–Trinajstić information content (AvgIpc) is 2.69. The van der Waals surface area contributed by atoms with E-state index in [1.54, 1.807) is 0 Å². The smallest absolute Gasteiger partial charge is 0.178 e. The number of sulfone groups is 1. The van der Waals surface area contributed by atoms with E-state index in [-0.39, 0.29) is 5.75 Å². The molecule has 0 heterocycles. The monoisotopic (exact) mass is 422 g/mol. The number of rotatable bonds is 18. The van der Waals surface area contributed by atoms with Crippen LogP contribution in [0.25, 0.3) is 0 Å². The third-order valence-electron chi connectivity index (χ3n) is 5.95. The van der Waals surface area contributed by atoms with Gasteiger partial charge in [-0.25, -0.2) is 8.42 Å². The summed E-state index contributed by atoms with van der Waals surface area (Å²) in [5.41, 5.74) is 1.88. The third kappa shape index (κ3) is 12.5. The highest BCUT2D eigenvalue weighted by molar-refractivity contribution is 7.91. The lowest BCUT2D eigenvalue weighted by Gasteiger charge is -2.09. The third-order valence-corrected chi connectivity index (χ3v) is 7.88. The van der Waals surface area contributed by atoms with E-state index in [4.69, 9.17) is 0 Å². The van der Waals surface area contributed by atoms with E-state index in [9.17, 15) is 8.42 Å². The molecule has 0 saturated heterocycles. The van der Waals surface area contributed by atoms with Gasteiger partial charge in [-0.05, 0) is 37.5 Å². The molecule has 2 nitrogen and oxygen atoms in total. The summed E-state index contributed by atoms with van der Waals surface area (Å²) in [7, 11) is -3.13. The second kappa shape index (κ2) is 15.9.